The van der Waals surface area contributed by atoms with Crippen LogP contribution in [-0.4, -0.2) is 41.2 Å². The van der Waals surface area contributed by atoms with E-state index in [-0.39, 0.29) is 0 Å². The van der Waals surface area contributed by atoms with Crippen molar-refractivity contribution in [3.05, 3.63) is 54.4 Å². The average molecular weight is 312 g/mol. The summed E-state index contributed by atoms with van der Waals surface area (Å²) in [4.78, 5) is 8.67. The summed E-state index contributed by atoms with van der Waals surface area (Å²) in [5.74, 6) is 0. The first-order valence-electron chi connectivity index (χ1n) is 7.50. The molecule has 22 heavy (non-hydrogen) atoms. The molecule has 0 radical (unpaired) electrons. The summed E-state index contributed by atoms with van der Waals surface area (Å²) in [6, 6.07) is 12.4. The maximum atomic E-state index is 5.54. The summed E-state index contributed by atoms with van der Waals surface area (Å²) in [6.45, 7) is 5.89. The Bertz CT molecular complexity index is 636. The molecule has 5 heteroatoms. The molecule has 1 aliphatic rings. The van der Waals surface area contributed by atoms with Crippen LogP contribution in [0.5, 0.6) is 0 Å². The monoisotopic (exact) mass is 312 g/mol. The van der Waals surface area contributed by atoms with E-state index >= 15 is 0 Å². The minimum Gasteiger partial charge on any atom is -0.368 e. The van der Waals surface area contributed by atoms with Gasteiger partial charge in [-0.05, 0) is 49.0 Å². The highest BCUT2D eigenvalue weighted by Crippen LogP contribution is 2.16. The molecule has 1 aliphatic heterocycles. The molecule has 1 fully saturated rings. The molecular weight excluding hydrogens is 292 g/mol. The molecule has 0 spiro atoms. The predicted molar refractivity (Wildman–Crippen MR) is 95.4 cm³/mol. The lowest BCUT2D eigenvalue weighted by molar-refractivity contribution is 0.391. The Kier molecular flexibility index (Phi) is 4.53. The van der Waals surface area contributed by atoms with E-state index in [1.54, 1.807) is 0 Å². The van der Waals surface area contributed by atoms with E-state index in [1.165, 1.54) is 11.3 Å². The van der Waals surface area contributed by atoms with Crippen LogP contribution in [0.3, 0.4) is 0 Å². The third kappa shape index (κ3) is 3.54. The third-order valence-electron chi connectivity index (χ3n) is 3.86. The van der Waals surface area contributed by atoms with Crippen LogP contribution >= 0.6 is 12.2 Å². The molecule has 1 aromatic carbocycles. The maximum Gasteiger partial charge on any atom is 0.173 e. The van der Waals surface area contributed by atoms with Crippen molar-refractivity contribution in [1.29, 1.82) is 0 Å². The lowest BCUT2D eigenvalue weighted by Gasteiger charge is -2.37. The topological polar surface area (TPSA) is 31.4 Å². The maximum absolute atomic E-state index is 5.54. The van der Waals surface area contributed by atoms with Gasteiger partial charge in [-0.3, -0.25) is 4.98 Å². The van der Waals surface area contributed by atoms with E-state index in [2.05, 4.69) is 51.3 Å². The van der Waals surface area contributed by atoms with Gasteiger partial charge in [-0.25, -0.2) is 0 Å². The van der Waals surface area contributed by atoms with Crippen LogP contribution in [0, 0.1) is 6.92 Å². The molecular formula is C17H20N4S. The Labute approximate surface area is 136 Å². The number of hydrogen-bond acceptors (Lipinski definition) is 3. The van der Waals surface area contributed by atoms with Crippen LogP contribution in [0.2, 0.25) is 0 Å². The Morgan fingerprint density at radius 3 is 2.50 bits per heavy atom. The number of rotatable bonds is 2. The SMILES string of the molecule is Cc1cccc(NC(=S)N2CCN(c3ccncc3)CC2)c1. The van der Waals surface area contributed by atoms with Crippen molar-refractivity contribution in [3.8, 4) is 0 Å². The van der Waals surface area contributed by atoms with E-state index in [0.717, 1.165) is 37.0 Å². The fourth-order valence-electron chi connectivity index (χ4n) is 2.65. The average Bonchev–Trinajstić information content (AvgIpc) is 2.56. The van der Waals surface area contributed by atoms with Crippen molar-refractivity contribution in [2.75, 3.05) is 36.4 Å². The zero-order chi connectivity index (χ0) is 15.4. The zero-order valence-electron chi connectivity index (χ0n) is 12.7. The Morgan fingerprint density at radius 1 is 1.09 bits per heavy atom. The Hall–Kier alpha value is -2.14. The van der Waals surface area contributed by atoms with Crippen LogP contribution in [0.25, 0.3) is 0 Å². The van der Waals surface area contributed by atoms with Crippen LogP contribution in [-0.2, 0) is 0 Å². The van der Waals surface area contributed by atoms with Gasteiger partial charge in [0.25, 0.3) is 0 Å². The number of anilines is 2. The van der Waals surface area contributed by atoms with Crippen LogP contribution in [0.4, 0.5) is 11.4 Å². The van der Waals surface area contributed by atoms with Crippen molar-refractivity contribution in [3.63, 3.8) is 0 Å². The normalized spacial score (nSPS) is 14.8. The minimum atomic E-state index is 0.806. The van der Waals surface area contributed by atoms with Crippen LogP contribution < -0.4 is 10.2 Å². The highest BCUT2D eigenvalue weighted by atomic mass is 32.1. The number of nitrogens with one attached hydrogen (secondary N) is 1. The standard InChI is InChI=1S/C17H20N4S/c1-14-3-2-4-15(13-14)19-17(22)21-11-9-20(10-12-21)16-5-7-18-8-6-16/h2-8,13H,9-12H2,1H3,(H,19,22). The molecule has 0 aliphatic carbocycles. The van der Waals surface area contributed by atoms with E-state index in [1.807, 2.05) is 24.5 Å². The molecule has 0 bridgehead atoms. The quantitative estimate of drug-likeness (QED) is 0.862. The number of aryl methyl sites for hydroxylation is 1. The molecule has 0 saturated carbocycles. The number of thiocarbonyl (C=S) groups is 1. The van der Waals surface area contributed by atoms with Crippen LogP contribution in [0.15, 0.2) is 48.8 Å². The summed E-state index contributed by atoms with van der Waals surface area (Å²) in [6.07, 6.45) is 3.68. The van der Waals surface area contributed by atoms with Gasteiger partial charge in [0.05, 0.1) is 0 Å². The molecule has 1 aromatic heterocycles. The lowest BCUT2D eigenvalue weighted by atomic mass is 10.2. The van der Waals surface area contributed by atoms with Gasteiger partial charge >= 0.3 is 0 Å². The van der Waals surface area contributed by atoms with Gasteiger partial charge in [0.1, 0.15) is 0 Å². The summed E-state index contributed by atoms with van der Waals surface area (Å²) >= 11 is 5.54. The van der Waals surface area contributed by atoms with Gasteiger partial charge in [0, 0.05) is 49.9 Å². The third-order valence-corrected chi connectivity index (χ3v) is 4.22. The molecule has 114 valence electrons. The second kappa shape index (κ2) is 6.75. The van der Waals surface area contributed by atoms with Gasteiger partial charge in [0.2, 0.25) is 0 Å². The number of piperazine rings is 1. The lowest BCUT2D eigenvalue weighted by Crippen LogP contribution is -2.50. The number of aromatic nitrogens is 1. The Balaban J connectivity index is 1.56. The van der Waals surface area contributed by atoms with E-state index in [9.17, 15) is 0 Å². The van der Waals surface area contributed by atoms with Crippen molar-refractivity contribution in [2.45, 2.75) is 6.92 Å². The number of benzene rings is 1. The first-order chi connectivity index (χ1) is 10.7. The number of nitrogens with zero attached hydrogens (tertiary/aromatic N) is 3. The molecule has 0 amide bonds. The fraction of sp³-hybridized carbons (Fsp3) is 0.294. The molecule has 1 N–H and O–H groups in total. The highest BCUT2D eigenvalue weighted by Gasteiger charge is 2.19. The smallest absolute Gasteiger partial charge is 0.173 e. The highest BCUT2D eigenvalue weighted by molar-refractivity contribution is 7.80. The first-order valence-corrected chi connectivity index (χ1v) is 7.91. The van der Waals surface area contributed by atoms with Crippen molar-refractivity contribution in [1.82, 2.24) is 9.88 Å². The second-order valence-corrected chi connectivity index (χ2v) is 5.87. The van der Waals surface area contributed by atoms with E-state index in [4.69, 9.17) is 12.2 Å². The Morgan fingerprint density at radius 2 is 1.82 bits per heavy atom. The zero-order valence-corrected chi connectivity index (χ0v) is 13.5. The molecule has 2 aromatic rings. The molecule has 1 saturated heterocycles. The summed E-state index contributed by atoms with van der Waals surface area (Å²) in [5.41, 5.74) is 3.52. The minimum absolute atomic E-state index is 0.806. The molecule has 2 heterocycles. The molecule has 4 nitrogen and oxygen atoms in total. The van der Waals surface area contributed by atoms with E-state index < -0.39 is 0 Å². The van der Waals surface area contributed by atoms with Gasteiger partial charge < -0.3 is 15.1 Å². The largest absolute Gasteiger partial charge is 0.368 e. The summed E-state index contributed by atoms with van der Waals surface area (Å²) < 4.78 is 0. The number of hydrogen-bond donors (Lipinski definition) is 1. The second-order valence-electron chi connectivity index (χ2n) is 5.48. The van der Waals surface area contributed by atoms with Crippen molar-refractivity contribution < 1.29 is 0 Å². The van der Waals surface area contributed by atoms with Crippen molar-refractivity contribution >= 4 is 28.7 Å². The van der Waals surface area contributed by atoms with Gasteiger partial charge in [-0.15, -0.1) is 0 Å². The number of pyridine rings is 1. The van der Waals surface area contributed by atoms with Crippen LogP contribution in [0.1, 0.15) is 5.56 Å². The van der Waals surface area contributed by atoms with Gasteiger partial charge in [-0.2, -0.15) is 0 Å². The molecule has 0 unspecified atom stereocenters. The molecule has 0 atom stereocenters. The van der Waals surface area contributed by atoms with E-state index in [0.29, 0.717) is 0 Å². The fourth-order valence-corrected chi connectivity index (χ4v) is 2.95. The first kappa shape index (κ1) is 14.8. The summed E-state index contributed by atoms with van der Waals surface area (Å²) in [5, 5.41) is 4.14. The van der Waals surface area contributed by atoms with Gasteiger partial charge in [0.15, 0.2) is 5.11 Å². The van der Waals surface area contributed by atoms with Gasteiger partial charge in [-0.1, -0.05) is 12.1 Å². The van der Waals surface area contributed by atoms with Crippen molar-refractivity contribution in [2.24, 2.45) is 0 Å². The summed E-state index contributed by atoms with van der Waals surface area (Å²) in [7, 11) is 0. The predicted octanol–water partition coefficient (Wildman–Crippen LogP) is 2.91. The molecule has 3 rings (SSSR count).